The zero-order chi connectivity index (χ0) is 12.3. The highest BCUT2D eigenvalue weighted by Gasteiger charge is 2.20. The van der Waals surface area contributed by atoms with E-state index in [2.05, 4.69) is 24.9 Å². The number of pyridine rings is 1. The molecule has 0 bridgehead atoms. The largest absolute Gasteiger partial charge is 0.478 e. The lowest BCUT2D eigenvalue weighted by Crippen LogP contribution is -2.03. The molecule has 1 fully saturated rings. The lowest BCUT2D eigenvalue weighted by atomic mass is 10.1. The molecule has 1 heterocycles. The Labute approximate surface area is 108 Å². The number of halogens is 1. The zero-order valence-corrected chi connectivity index (χ0v) is 11.3. The van der Waals surface area contributed by atoms with Crippen LogP contribution in [0.15, 0.2) is 12.1 Å². The normalized spacial score (nSPS) is 15.3. The lowest BCUT2D eigenvalue weighted by molar-refractivity contribution is 0.290. The van der Waals surface area contributed by atoms with Crippen molar-refractivity contribution >= 4 is 11.6 Å². The molecule has 0 unspecified atom stereocenters. The number of hydrogen-bond acceptors (Lipinski definition) is 2. The summed E-state index contributed by atoms with van der Waals surface area (Å²) in [6.07, 6.45) is 3.90. The van der Waals surface area contributed by atoms with Crippen LogP contribution in [-0.4, -0.2) is 11.6 Å². The van der Waals surface area contributed by atoms with Gasteiger partial charge in [-0.3, -0.25) is 0 Å². The van der Waals surface area contributed by atoms with Gasteiger partial charge in [0.2, 0.25) is 5.88 Å². The first kappa shape index (κ1) is 12.7. The fourth-order valence-electron chi connectivity index (χ4n) is 1.77. The predicted molar refractivity (Wildman–Crippen MR) is 70.7 cm³/mol. The Kier molecular flexibility index (Phi) is 4.27. The smallest absolute Gasteiger partial charge is 0.213 e. The Morgan fingerprint density at radius 1 is 1.41 bits per heavy atom. The van der Waals surface area contributed by atoms with Crippen LogP contribution >= 0.6 is 11.6 Å². The summed E-state index contributed by atoms with van der Waals surface area (Å²) >= 11 is 5.89. The monoisotopic (exact) mass is 253 g/mol. The van der Waals surface area contributed by atoms with Crippen LogP contribution in [0.4, 0.5) is 0 Å². The van der Waals surface area contributed by atoms with E-state index in [1.54, 1.807) is 0 Å². The Bertz CT molecular complexity index is 374. The molecule has 2 rings (SSSR count). The van der Waals surface area contributed by atoms with E-state index in [4.69, 9.17) is 16.3 Å². The van der Waals surface area contributed by atoms with Crippen LogP contribution in [0, 0.1) is 5.92 Å². The van der Waals surface area contributed by atoms with E-state index in [1.165, 1.54) is 12.8 Å². The average molecular weight is 254 g/mol. The van der Waals surface area contributed by atoms with Crippen LogP contribution in [0.1, 0.15) is 50.3 Å². The summed E-state index contributed by atoms with van der Waals surface area (Å²) in [6.45, 7) is 5.05. The van der Waals surface area contributed by atoms with E-state index in [0.717, 1.165) is 36.1 Å². The maximum Gasteiger partial charge on any atom is 0.213 e. The third-order valence-corrected chi connectivity index (χ3v) is 3.41. The molecule has 17 heavy (non-hydrogen) atoms. The van der Waals surface area contributed by atoms with Crippen molar-refractivity contribution in [3.05, 3.63) is 23.4 Å². The van der Waals surface area contributed by atoms with Gasteiger partial charge < -0.3 is 4.74 Å². The molecule has 0 aliphatic heterocycles. The fraction of sp³-hybridized carbons (Fsp3) is 0.643. The topological polar surface area (TPSA) is 22.1 Å². The fourth-order valence-corrected chi connectivity index (χ4v) is 1.92. The summed E-state index contributed by atoms with van der Waals surface area (Å²) in [5.74, 6) is 2.55. The molecule has 1 aromatic heterocycles. The van der Waals surface area contributed by atoms with E-state index in [9.17, 15) is 0 Å². The van der Waals surface area contributed by atoms with Crippen LogP contribution in [0.3, 0.4) is 0 Å². The minimum atomic E-state index is 0.406. The quantitative estimate of drug-likeness (QED) is 0.712. The summed E-state index contributed by atoms with van der Waals surface area (Å²) < 4.78 is 5.72. The van der Waals surface area contributed by atoms with Crippen molar-refractivity contribution in [2.24, 2.45) is 5.92 Å². The Morgan fingerprint density at radius 3 is 2.76 bits per heavy atom. The van der Waals surface area contributed by atoms with Gasteiger partial charge in [-0.2, -0.15) is 0 Å². The van der Waals surface area contributed by atoms with Crippen molar-refractivity contribution in [3.63, 3.8) is 0 Å². The summed E-state index contributed by atoms with van der Waals surface area (Å²) in [6, 6.07) is 4.01. The molecule has 0 N–H and O–H groups in total. The van der Waals surface area contributed by atoms with E-state index in [0.29, 0.717) is 11.8 Å². The van der Waals surface area contributed by atoms with Gasteiger partial charge in [0.25, 0.3) is 0 Å². The Balaban J connectivity index is 2.00. The molecular weight excluding hydrogens is 234 g/mol. The van der Waals surface area contributed by atoms with Gasteiger partial charge in [0.15, 0.2) is 0 Å². The molecule has 94 valence electrons. The first-order valence-corrected chi connectivity index (χ1v) is 6.92. The van der Waals surface area contributed by atoms with Gasteiger partial charge in [-0.25, -0.2) is 4.98 Å². The molecule has 0 saturated heterocycles. The maximum absolute atomic E-state index is 5.89. The van der Waals surface area contributed by atoms with Crippen molar-refractivity contribution < 1.29 is 4.74 Å². The molecule has 0 aromatic carbocycles. The van der Waals surface area contributed by atoms with Gasteiger partial charge in [0.1, 0.15) is 0 Å². The Hall–Kier alpha value is -0.760. The highest BCUT2D eigenvalue weighted by atomic mass is 35.5. The second-order valence-electron chi connectivity index (χ2n) is 5.11. The van der Waals surface area contributed by atoms with Crippen LogP contribution < -0.4 is 4.74 Å². The van der Waals surface area contributed by atoms with E-state index in [-0.39, 0.29) is 0 Å². The third kappa shape index (κ3) is 3.88. The molecule has 0 radical (unpaired) electrons. The van der Waals surface area contributed by atoms with Gasteiger partial charge in [-0.1, -0.05) is 26.7 Å². The third-order valence-electron chi connectivity index (χ3n) is 3.10. The van der Waals surface area contributed by atoms with Gasteiger partial charge >= 0.3 is 0 Å². The van der Waals surface area contributed by atoms with Crippen LogP contribution in [0.5, 0.6) is 5.88 Å². The number of aromatic nitrogens is 1. The van der Waals surface area contributed by atoms with Crippen molar-refractivity contribution in [1.82, 2.24) is 4.98 Å². The van der Waals surface area contributed by atoms with Crippen molar-refractivity contribution in [2.75, 3.05) is 6.61 Å². The minimum Gasteiger partial charge on any atom is -0.478 e. The summed E-state index contributed by atoms with van der Waals surface area (Å²) in [4.78, 5) is 4.52. The van der Waals surface area contributed by atoms with Gasteiger partial charge in [-0.15, -0.1) is 11.6 Å². The maximum atomic E-state index is 5.89. The molecular formula is C14H20ClNO. The highest BCUT2D eigenvalue weighted by molar-refractivity contribution is 6.17. The lowest BCUT2D eigenvalue weighted by Gasteiger charge is -2.11. The first-order chi connectivity index (χ1) is 8.19. The molecule has 1 saturated carbocycles. The molecule has 0 spiro atoms. The molecule has 2 nitrogen and oxygen atoms in total. The molecule has 0 amide bonds. The van der Waals surface area contributed by atoms with Gasteiger partial charge in [0, 0.05) is 17.6 Å². The second kappa shape index (κ2) is 5.72. The van der Waals surface area contributed by atoms with Crippen LogP contribution in [-0.2, 0) is 5.88 Å². The Morgan fingerprint density at radius 2 is 2.18 bits per heavy atom. The molecule has 1 aromatic rings. The number of rotatable bonds is 6. The van der Waals surface area contributed by atoms with Crippen molar-refractivity contribution in [2.45, 2.75) is 44.9 Å². The summed E-state index contributed by atoms with van der Waals surface area (Å²) in [5, 5.41) is 0. The highest BCUT2D eigenvalue weighted by Crippen LogP contribution is 2.32. The molecule has 1 aliphatic rings. The predicted octanol–water partition coefficient (Wildman–Crippen LogP) is 4.12. The molecule has 3 heteroatoms. The zero-order valence-electron chi connectivity index (χ0n) is 10.6. The SMILES string of the molecule is CC(C)c1cc(CCl)cc(OCCC2CC2)n1. The summed E-state index contributed by atoms with van der Waals surface area (Å²) in [5.41, 5.74) is 2.15. The second-order valence-corrected chi connectivity index (χ2v) is 5.37. The summed E-state index contributed by atoms with van der Waals surface area (Å²) in [7, 11) is 0. The van der Waals surface area contributed by atoms with Gasteiger partial charge in [0.05, 0.1) is 6.61 Å². The van der Waals surface area contributed by atoms with E-state index in [1.807, 2.05) is 6.07 Å². The van der Waals surface area contributed by atoms with E-state index < -0.39 is 0 Å². The number of alkyl halides is 1. The number of nitrogens with zero attached hydrogens (tertiary/aromatic N) is 1. The van der Waals surface area contributed by atoms with Crippen molar-refractivity contribution in [3.8, 4) is 5.88 Å². The standard InChI is InChI=1S/C14H20ClNO/c1-10(2)13-7-12(9-15)8-14(16-13)17-6-5-11-3-4-11/h7-8,10-11H,3-6,9H2,1-2H3. The average Bonchev–Trinajstić information content (AvgIpc) is 3.12. The van der Waals surface area contributed by atoms with Gasteiger partial charge in [-0.05, 0) is 29.9 Å². The first-order valence-electron chi connectivity index (χ1n) is 6.38. The molecule has 1 aliphatic carbocycles. The number of ether oxygens (including phenoxy) is 1. The van der Waals surface area contributed by atoms with Crippen LogP contribution in [0.2, 0.25) is 0 Å². The molecule has 0 atom stereocenters. The van der Waals surface area contributed by atoms with E-state index >= 15 is 0 Å². The van der Waals surface area contributed by atoms with Crippen LogP contribution in [0.25, 0.3) is 0 Å². The number of hydrogen-bond donors (Lipinski definition) is 0. The minimum absolute atomic E-state index is 0.406. The van der Waals surface area contributed by atoms with Crippen molar-refractivity contribution in [1.29, 1.82) is 0 Å².